The van der Waals surface area contributed by atoms with E-state index < -0.39 is 14.3 Å². The summed E-state index contributed by atoms with van der Waals surface area (Å²) >= 11 is 0. The molecular weight excluding hydrogens is 312 g/mol. The van der Waals surface area contributed by atoms with Crippen LogP contribution in [0.1, 0.15) is 54.9 Å². The van der Waals surface area contributed by atoms with Crippen LogP contribution in [0, 0.1) is 0 Å². The van der Waals surface area contributed by atoms with Gasteiger partial charge in [-0.2, -0.15) is 0 Å². The highest BCUT2D eigenvalue weighted by Gasteiger charge is 2.50. The van der Waals surface area contributed by atoms with Crippen LogP contribution < -0.4 is 5.32 Å². The van der Waals surface area contributed by atoms with Gasteiger partial charge >= 0.3 is 8.80 Å². The third-order valence-corrected chi connectivity index (χ3v) is 7.43. The minimum Gasteiger partial charge on any atom is -0.374 e. The van der Waals surface area contributed by atoms with Crippen LogP contribution in [0.5, 0.6) is 0 Å². The number of carbonyl (C=O) groups is 1. The average molecular weight is 347 g/mol. The van der Waals surface area contributed by atoms with Crippen LogP contribution in [0.3, 0.4) is 0 Å². The molecule has 1 saturated heterocycles. The number of hydrogen-bond donors (Lipinski definition) is 1. The van der Waals surface area contributed by atoms with Crippen LogP contribution in [-0.4, -0.2) is 57.2 Å². The van der Waals surface area contributed by atoms with Gasteiger partial charge in [0.1, 0.15) is 0 Å². The fourth-order valence-electron chi connectivity index (χ4n) is 3.33. The highest BCUT2D eigenvalue weighted by molar-refractivity contribution is 6.60. The lowest BCUT2D eigenvalue weighted by molar-refractivity contribution is -0.125. The molecule has 1 heterocycles. The Labute approximate surface area is 142 Å². The number of rotatable bonds is 10. The molecule has 136 valence electrons. The third kappa shape index (κ3) is 4.76. The van der Waals surface area contributed by atoms with Crippen LogP contribution in [-0.2, 0) is 18.1 Å². The van der Waals surface area contributed by atoms with E-state index in [9.17, 15) is 4.79 Å². The van der Waals surface area contributed by atoms with Crippen molar-refractivity contribution in [1.29, 1.82) is 0 Å². The standard InChI is InChI=1S/C16H34N2O4Si/c1-8-20-23(21-9-2,22-10-3)13-11-12-18-15(4,5)14(19)17-16(18,6)7/h8-13H2,1-7H3,(H,17,19). The quantitative estimate of drug-likeness (QED) is 0.615. The van der Waals surface area contributed by atoms with E-state index in [0.717, 1.165) is 19.0 Å². The molecule has 1 fully saturated rings. The first kappa shape index (κ1) is 20.6. The summed E-state index contributed by atoms with van der Waals surface area (Å²) in [6, 6.07) is 0.763. The Balaban J connectivity index is 2.73. The van der Waals surface area contributed by atoms with Crippen molar-refractivity contribution < 1.29 is 18.1 Å². The van der Waals surface area contributed by atoms with Crippen LogP contribution in [0.4, 0.5) is 0 Å². The van der Waals surface area contributed by atoms with Gasteiger partial charge in [0.25, 0.3) is 0 Å². The molecule has 0 radical (unpaired) electrons. The van der Waals surface area contributed by atoms with Crippen LogP contribution in [0.25, 0.3) is 0 Å². The molecule has 0 atom stereocenters. The minimum atomic E-state index is -2.61. The lowest BCUT2D eigenvalue weighted by atomic mass is 10.0. The van der Waals surface area contributed by atoms with Crippen LogP contribution in [0.15, 0.2) is 0 Å². The Bertz CT molecular complexity index is 385. The van der Waals surface area contributed by atoms with Gasteiger partial charge in [0, 0.05) is 32.4 Å². The van der Waals surface area contributed by atoms with E-state index in [4.69, 9.17) is 13.3 Å². The largest absolute Gasteiger partial charge is 0.500 e. The van der Waals surface area contributed by atoms with E-state index in [-0.39, 0.29) is 11.6 Å². The molecule has 1 rings (SSSR count). The second-order valence-electron chi connectivity index (χ2n) is 6.81. The molecule has 7 heteroatoms. The van der Waals surface area contributed by atoms with Crippen molar-refractivity contribution >= 4 is 14.7 Å². The maximum Gasteiger partial charge on any atom is 0.500 e. The molecule has 0 aliphatic carbocycles. The van der Waals surface area contributed by atoms with E-state index in [1.54, 1.807) is 0 Å². The van der Waals surface area contributed by atoms with E-state index in [1.807, 2.05) is 48.5 Å². The maximum absolute atomic E-state index is 12.2. The molecule has 1 aliphatic rings. The predicted octanol–water partition coefficient (Wildman–Crippen LogP) is 2.37. The van der Waals surface area contributed by atoms with Gasteiger partial charge < -0.3 is 18.6 Å². The Morgan fingerprint density at radius 1 is 1.00 bits per heavy atom. The molecule has 0 aromatic rings. The van der Waals surface area contributed by atoms with Crippen molar-refractivity contribution in [2.24, 2.45) is 0 Å². The van der Waals surface area contributed by atoms with Gasteiger partial charge in [-0.05, 0) is 54.9 Å². The Morgan fingerprint density at radius 2 is 1.48 bits per heavy atom. The summed E-state index contributed by atoms with van der Waals surface area (Å²) in [4.78, 5) is 14.4. The predicted molar refractivity (Wildman–Crippen MR) is 93.1 cm³/mol. The zero-order chi connectivity index (χ0) is 17.7. The van der Waals surface area contributed by atoms with Gasteiger partial charge in [0.05, 0.1) is 11.2 Å². The molecular formula is C16H34N2O4Si. The SMILES string of the molecule is CCO[Si](CCCN1C(C)(C)NC(=O)C1(C)C)(OCC)OCC. The molecule has 0 saturated carbocycles. The summed E-state index contributed by atoms with van der Waals surface area (Å²) in [7, 11) is -2.61. The molecule has 0 bridgehead atoms. The summed E-state index contributed by atoms with van der Waals surface area (Å²) in [6.07, 6.45) is 0.869. The topological polar surface area (TPSA) is 60.0 Å². The van der Waals surface area contributed by atoms with Crippen LogP contribution in [0.2, 0.25) is 6.04 Å². The zero-order valence-corrected chi connectivity index (χ0v) is 16.8. The first-order valence-electron chi connectivity index (χ1n) is 8.67. The van der Waals surface area contributed by atoms with Gasteiger partial charge in [0.2, 0.25) is 5.91 Å². The average Bonchev–Trinajstić information content (AvgIpc) is 2.58. The number of hydrogen-bond acceptors (Lipinski definition) is 5. The van der Waals surface area contributed by atoms with Crippen molar-refractivity contribution in [1.82, 2.24) is 10.2 Å². The smallest absolute Gasteiger partial charge is 0.374 e. The lowest BCUT2D eigenvalue weighted by Gasteiger charge is -2.38. The molecule has 0 aromatic heterocycles. The Morgan fingerprint density at radius 3 is 1.83 bits per heavy atom. The minimum absolute atomic E-state index is 0.0745. The number of amides is 1. The van der Waals surface area contributed by atoms with Gasteiger partial charge in [-0.25, -0.2) is 0 Å². The maximum atomic E-state index is 12.2. The molecule has 1 amide bonds. The molecule has 0 spiro atoms. The summed E-state index contributed by atoms with van der Waals surface area (Å²) in [5.74, 6) is 0.0745. The first-order chi connectivity index (χ1) is 10.6. The fourth-order valence-corrected chi connectivity index (χ4v) is 5.93. The molecule has 0 unspecified atom stereocenters. The van der Waals surface area contributed by atoms with E-state index in [0.29, 0.717) is 19.8 Å². The summed E-state index contributed by atoms with van der Waals surface area (Å²) in [6.45, 7) is 16.5. The van der Waals surface area contributed by atoms with Gasteiger partial charge in [-0.1, -0.05) is 0 Å². The summed E-state index contributed by atoms with van der Waals surface area (Å²) < 4.78 is 17.7. The number of nitrogens with zero attached hydrogens (tertiary/aromatic N) is 1. The lowest BCUT2D eigenvalue weighted by Crippen LogP contribution is -2.52. The highest BCUT2D eigenvalue weighted by Crippen LogP contribution is 2.31. The zero-order valence-electron chi connectivity index (χ0n) is 15.8. The van der Waals surface area contributed by atoms with Crippen molar-refractivity contribution in [2.45, 2.75) is 72.1 Å². The fraction of sp³-hybridized carbons (Fsp3) is 0.938. The highest BCUT2D eigenvalue weighted by atomic mass is 28.4. The van der Waals surface area contributed by atoms with Crippen molar-refractivity contribution in [3.8, 4) is 0 Å². The second kappa shape index (κ2) is 8.07. The van der Waals surface area contributed by atoms with Gasteiger partial charge in [0.15, 0.2) is 0 Å². The molecule has 23 heavy (non-hydrogen) atoms. The number of nitrogens with one attached hydrogen (secondary N) is 1. The van der Waals surface area contributed by atoms with Crippen molar-refractivity contribution in [3.05, 3.63) is 0 Å². The molecule has 0 aromatic carbocycles. The Kier molecular flexibility index (Phi) is 7.22. The second-order valence-corrected chi connectivity index (χ2v) is 9.54. The van der Waals surface area contributed by atoms with Gasteiger partial charge in [-0.3, -0.25) is 9.69 Å². The van der Waals surface area contributed by atoms with Gasteiger partial charge in [-0.15, -0.1) is 0 Å². The van der Waals surface area contributed by atoms with E-state index >= 15 is 0 Å². The first-order valence-corrected chi connectivity index (χ1v) is 10.6. The van der Waals surface area contributed by atoms with E-state index in [2.05, 4.69) is 10.2 Å². The molecule has 6 nitrogen and oxygen atoms in total. The third-order valence-electron chi connectivity index (χ3n) is 4.28. The summed E-state index contributed by atoms with van der Waals surface area (Å²) in [5.41, 5.74) is -0.843. The Hall–Kier alpha value is -0.473. The van der Waals surface area contributed by atoms with Crippen molar-refractivity contribution in [2.75, 3.05) is 26.4 Å². The van der Waals surface area contributed by atoms with E-state index in [1.165, 1.54) is 0 Å². The monoisotopic (exact) mass is 346 g/mol. The van der Waals surface area contributed by atoms with Crippen LogP contribution >= 0.6 is 0 Å². The summed E-state index contributed by atoms with van der Waals surface area (Å²) in [5, 5.41) is 3.06. The van der Waals surface area contributed by atoms with Crippen molar-refractivity contribution in [3.63, 3.8) is 0 Å². The molecule has 1 aliphatic heterocycles. The number of carbonyl (C=O) groups excluding carboxylic acids is 1. The normalized spacial score (nSPS) is 20.7. The molecule has 1 N–H and O–H groups in total.